The van der Waals surface area contributed by atoms with Crippen LogP contribution >= 0.6 is 0 Å². The third kappa shape index (κ3) is 19.0. The molecule has 0 fully saturated rings. The second kappa shape index (κ2) is 41.4. The van der Waals surface area contributed by atoms with Gasteiger partial charge in [-0.3, -0.25) is 0 Å². The molecule has 0 aliphatic carbocycles. The highest BCUT2D eigenvalue weighted by molar-refractivity contribution is 7.12. The van der Waals surface area contributed by atoms with Crippen molar-refractivity contribution in [2.24, 2.45) is 0 Å². The van der Waals surface area contributed by atoms with Crippen LogP contribution in [-0.2, 0) is 21.7 Å². The van der Waals surface area contributed by atoms with E-state index in [1.807, 2.05) is 0 Å². The minimum atomic E-state index is -0.913. The minimum Gasteiger partial charge on any atom is -0.344 e. The normalized spacial score (nSPS) is 16.1. The highest BCUT2D eigenvalue weighted by atomic mass is 15.2. The highest BCUT2D eigenvalue weighted by Gasteiger charge is 2.47. The van der Waals surface area contributed by atoms with E-state index in [9.17, 15) is 0 Å². The van der Waals surface area contributed by atoms with Crippen LogP contribution < -0.4 is 42.6 Å². The Morgan fingerprint density at radius 2 is 0.608 bits per heavy atom. The molecule has 618 valence electrons. The third-order valence-electron chi connectivity index (χ3n) is 26.7. The smallest absolute Gasteiger partial charge is 0.210 e. The van der Waals surface area contributed by atoms with Crippen LogP contribution in [0.4, 0.5) is 22.7 Å². The van der Waals surface area contributed by atoms with Crippen LogP contribution in [0.5, 0.6) is 0 Å². The maximum atomic E-state index is 2.57. The van der Waals surface area contributed by atoms with Gasteiger partial charge in [0.1, 0.15) is 13.1 Å². The molecule has 0 saturated carbocycles. The molecule has 11 aromatic carbocycles. The number of hydrogen-bond donors (Lipinski definition) is 0. The number of fused-ring (bicyclic) bond motifs is 6. The summed E-state index contributed by atoms with van der Waals surface area (Å²) in [5.41, 5.74) is 25.4. The number of allylic oxidation sites excluding steroid dienone is 12. The Bertz CT molecular complexity index is 5060. The van der Waals surface area contributed by atoms with Crippen molar-refractivity contribution in [1.82, 2.24) is 0 Å². The molecule has 0 bridgehead atoms. The van der Waals surface area contributed by atoms with Crippen molar-refractivity contribution in [2.75, 3.05) is 36.0 Å². The van der Waals surface area contributed by atoms with Gasteiger partial charge < -0.3 is 9.80 Å². The van der Waals surface area contributed by atoms with Crippen LogP contribution in [0.3, 0.4) is 0 Å². The Hall–Kier alpha value is -10.8. The van der Waals surface area contributed by atoms with Crippen molar-refractivity contribution in [3.05, 3.63) is 386 Å². The molecule has 0 unspecified atom stereocenters. The summed E-state index contributed by atoms with van der Waals surface area (Å²) in [5.74, 6) is 0. The van der Waals surface area contributed by atoms with Gasteiger partial charge in [-0.25, -0.2) is 0 Å². The molecule has 0 amide bonds. The third-order valence-corrected chi connectivity index (χ3v) is 26.7. The van der Waals surface area contributed by atoms with E-state index in [2.05, 4.69) is 468 Å². The van der Waals surface area contributed by atoms with E-state index >= 15 is 0 Å². The summed E-state index contributed by atoms with van der Waals surface area (Å²) in [6, 6.07) is 107. The number of nitrogens with zero attached hydrogens (tertiary/aromatic N) is 4. The van der Waals surface area contributed by atoms with Crippen LogP contribution in [0.15, 0.2) is 363 Å². The highest BCUT2D eigenvalue weighted by Crippen LogP contribution is 2.50. The van der Waals surface area contributed by atoms with E-state index < -0.39 is 12.3 Å². The second-order valence-electron chi connectivity index (χ2n) is 36.0. The van der Waals surface area contributed by atoms with Crippen LogP contribution in [0.1, 0.15) is 196 Å². The van der Waals surface area contributed by atoms with Gasteiger partial charge >= 0.3 is 0 Å². The molecule has 0 aromatic heterocycles. The van der Waals surface area contributed by atoms with Crippen LogP contribution in [0, 0.1) is 0 Å². The van der Waals surface area contributed by atoms with Gasteiger partial charge in [0, 0.05) is 94.9 Å². The second-order valence-corrected chi connectivity index (χ2v) is 36.0. The topological polar surface area (TPSA) is 12.5 Å². The molecule has 0 atom stereocenters. The lowest BCUT2D eigenvalue weighted by atomic mass is 9.14. The molecule has 15 rings (SSSR count). The summed E-state index contributed by atoms with van der Waals surface area (Å²) in [5, 5.41) is 2.70. The zero-order chi connectivity index (χ0) is 84.6. The van der Waals surface area contributed by atoms with Gasteiger partial charge in [0.2, 0.25) is 11.4 Å². The van der Waals surface area contributed by atoms with E-state index in [-0.39, 0.29) is 21.7 Å². The van der Waals surface area contributed by atoms with Gasteiger partial charge in [0.15, 0.2) is 11.4 Å². The van der Waals surface area contributed by atoms with Gasteiger partial charge in [-0.2, -0.15) is 54.6 Å². The van der Waals surface area contributed by atoms with E-state index in [4.69, 9.17) is 0 Å². The van der Waals surface area contributed by atoms with Crippen molar-refractivity contribution in [3.63, 3.8) is 0 Å². The summed E-state index contributed by atoms with van der Waals surface area (Å²) < 4.78 is 5.10. The molecular weight excluding hydrogens is 1450 g/mol. The van der Waals surface area contributed by atoms with Crippen LogP contribution in [0.25, 0.3) is 10.8 Å². The fraction of sp³-hybridized carbons (Fsp3) is 0.316. The fourth-order valence-electron chi connectivity index (χ4n) is 20.3. The first-order valence-corrected chi connectivity index (χ1v) is 45.9. The lowest BCUT2D eigenvalue weighted by molar-refractivity contribution is -0.438. The number of unbranched alkanes of at least 4 members (excludes halogenated alkanes) is 6. The van der Waals surface area contributed by atoms with Crippen LogP contribution in [-0.4, -0.2) is 59.0 Å². The van der Waals surface area contributed by atoms with Crippen molar-refractivity contribution in [2.45, 2.75) is 208 Å². The molecule has 120 heavy (non-hydrogen) atoms. The quantitative estimate of drug-likeness (QED) is 0.0253. The molecule has 0 radical (unpaired) electrons. The van der Waals surface area contributed by atoms with E-state index in [1.165, 1.54) is 201 Å². The summed E-state index contributed by atoms with van der Waals surface area (Å²) in [7, 11) is 0. The maximum Gasteiger partial charge on any atom is 0.210 e. The van der Waals surface area contributed by atoms with Gasteiger partial charge in [-0.15, -0.1) is 0 Å². The SMILES string of the molecule is CCCCN1/C(=C/C=C/C=C/C2=[N+](CCCC)c3ccc4ccccc4c3C2(C)C)C(C)(C)c2ccccc21.CCCCN1/C(=C/C=C/C=C/C2=[N+](CCCC)c3ccccc3C2(C)C)C(C)(C)c2ccccc21.CCCC[B-](c1ccccc1)(c1ccccc1)c1ccccc1.CCCC[B-](c1ccccc1)(c1ccccc1)c1ccccc1. The number of benzene rings is 11. The Morgan fingerprint density at radius 1 is 0.283 bits per heavy atom. The zero-order valence-corrected chi connectivity index (χ0v) is 75.2. The number of rotatable bonds is 30. The summed E-state index contributed by atoms with van der Waals surface area (Å²) in [6.45, 7) is 36.8. The molecule has 4 nitrogen and oxygen atoms in total. The Morgan fingerprint density at radius 3 is 0.992 bits per heavy atom. The molecule has 0 spiro atoms. The predicted octanol–water partition coefficient (Wildman–Crippen LogP) is 26.0. The first-order valence-electron chi connectivity index (χ1n) is 45.9. The Labute approximate surface area is 724 Å². The Balaban J connectivity index is 0.000000150. The maximum absolute atomic E-state index is 2.57. The fourth-order valence-corrected chi connectivity index (χ4v) is 20.3. The number of anilines is 2. The molecular formula is C114H136B2N4. The molecule has 0 N–H and O–H groups in total. The van der Waals surface area contributed by atoms with E-state index in [0.29, 0.717) is 0 Å². The van der Waals surface area contributed by atoms with Crippen LogP contribution in [0.2, 0.25) is 12.6 Å². The van der Waals surface area contributed by atoms with Gasteiger partial charge in [-0.05, 0) is 92.8 Å². The van der Waals surface area contributed by atoms with Crippen molar-refractivity contribution in [3.8, 4) is 0 Å². The first kappa shape index (κ1) is 88.5. The Kier molecular flexibility index (Phi) is 30.6. The summed E-state index contributed by atoms with van der Waals surface area (Å²) in [4.78, 5) is 5.07. The van der Waals surface area contributed by atoms with Gasteiger partial charge in [0.05, 0.1) is 23.1 Å². The lowest BCUT2D eigenvalue weighted by Gasteiger charge is -2.43. The minimum absolute atomic E-state index is 0.000233. The zero-order valence-electron chi connectivity index (χ0n) is 75.2. The van der Waals surface area contributed by atoms with Gasteiger partial charge in [0.25, 0.3) is 0 Å². The predicted molar refractivity (Wildman–Crippen MR) is 529 cm³/mol. The molecule has 0 saturated heterocycles. The summed E-state index contributed by atoms with van der Waals surface area (Å²) in [6.07, 6.45) is 37.7. The first-order chi connectivity index (χ1) is 58.4. The molecule has 6 heteroatoms. The average Bonchev–Trinajstić information content (AvgIpc) is 1.60. The average molecular weight is 1580 g/mol. The van der Waals surface area contributed by atoms with Gasteiger partial charge in [-0.1, -0.05) is 418 Å². The van der Waals surface area contributed by atoms with Crippen molar-refractivity contribution < 1.29 is 9.15 Å². The molecule has 4 aliphatic heterocycles. The van der Waals surface area contributed by atoms with E-state index in [0.717, 1.165) is 26.2 Å². The molecule has 4 heterocycles. The largest absolute Gasteiger partial charge is 0.344 e. The van der Waals surface area contributed by atoms with Crippen molar-refractivity contribution in [1.29, 1.82) is 0 Å². The van der Waals surface area contributed by atoms with Crippen molar-refractivity contribution >= 4 is 90.0 Å². The monoisotopic (exact) mass is 1580 g/mol. The lowest BCUT2D eigenvalue weighted by Crippen LogP contribution is -2.66. The summed E-state index contributed by atoms with van der Waals surface area (Å²) >= 11 is 0. The molecule has 4 aliphatic rings. The van der Waals surface area contributed by atoms with E-state index in [1.54, 1.807) is 0 Å². The number of hydrogen-bond acceptors (Lipinski definition) is 2. The standard InChI is InChI=1S/C37H45N2.C33H43N2.2C22H24B/c1-7-9-26-38-31-21-17-16-20-30(31)36(3,4)33(38)22-12-11-13-23-34-37(5,6)35-29-19-15-14-18-28(29)24-25-32(35)39(34)27-10-8-2;1-7-9-24-34-28-20-16-14-18-26(28)32(3,4)30(34)22-12-11-13-23-31-33(5,6)27-19-15-17-21-29(27)35(31)25-10-8-2;2*1-2-3-19-23(20-13-7-4-8-14-20,21-15-9-5-10-16-21)22-17-11-6-12-18-22/h11-25H,7-10,26-27H2,1-6H3;11-23H,7-10,24-25H2,1-6H3;2*4-18H,2-3,19H2,1H3/q2*+1;2*-1. The molecule has 11 aromatic rings. The number of para-hydroxylation sites is 3.